The Morgan fingerprint density at radius 1 is 1.03 bits per heavy atom. The number of halogens is 1. The Labute approximate surface area is 175 Å². The maximum atomic E-state index is 14.1. The maximum absolute atomic E-state index is 14.1. The van der Waals surface area contributed by atoms with Crippen molar-refractivity contribution < 1.29 is 28.5 Å². The Bertz CT molecular complexity index is 874. The molecule has 2 fully saturated rings. The van der Waals surface area contributed by atoms with Crippen LogP contribution in [0.3, 0.4) is 0 Å². The van der Waals surface area contributed by atoms with Crippen LogP contribution in [0.5, 0.6) is 11.5 Å². The fourth-order valence-corrected chi connectivity index (χ4v) is 4.88. The molecule has 5 nitrogen and oxygen atoms in total. The number of benzene rings is 2. The average molecular weight is 414 g/mol. The van der Waals surface area contributed by atoms with Crippen LogP contribution >= 0.6 is 0 Å². The first-order chi connectivity index (χ1) is 14.5. The van der Waals surface area contributed by atoms with Gasteiger partial charge in [0.05, 0.1) is 12.2 Å². The lowest BCUT2D eigenvalue weighted by Gasteiger charge is -2.28. The summed E-state index contributed by atoms with van der Waals surface area (Å²) in [6.45, 7) is 0.561. The first kappa shape index (κ1) is 20.8. The molecule has 0 atom stereocenters. The fourth-order valence-electron chi connectivity index (χ4n) is 4.88. The van der Waals surface area contributed by atoms with Crippen LogP contribution in [-0.4, -0.2) is 29.9 Å². The van der Waals surface area contributed by atoms with Gasteiger partial charge in [-0.15, -0.1) is 0 Å². The largest absolute Gasteiger partial charge is 0.480 e. The van der Waals surface area contributed by atoms with Crippen molar-refractivity contribution in [2.45, 2.75) is 50.7 Å². The van der Waals surface area contributed by atoms with Crippen LogP contribution < -0.4 is 4.74 Å². The molecular formula is C24H27FO5. The van der Waals surface area contributed by atoms with E-state index in [2.05, 4.69) is 0 Å². The molecule has 4 rings (SSSR count). The number of hydrogen-bond donors (Lipinski definition) is 1. The Morgan fingerprint density at radius 2 is 1.80 bits per heavy atom. The number of hydrogen-bond acceptors (Lipinski definition) is 4. The van der Waals surface area contributed by atoms with E-state index in [1.54, 1.807) is 0 Å². The maximum Gasteiger partial charge on any atom is 0.329 e. The minimum absolute atomic E-state index is 0.167. The molecule has 2 saturated carbocycles. The molecule has 2 bridgehead atoms. The molecule has 0 amide bonds. The summed E-state index contributed by atoms with van der Waals surface area (Å²) < 4.78 is 31.5. The molecule has 0 radical (unpaired) electrons. The second kappa shape index (κ2) is 8.74. The molecule has 2 aliphatic rings. The van der Waals surface area contributed by atoms with Crippen LogP contribution in [0.1, 0.15) is 44.1 Å². The minimum atomic E-state index is -0.936. The molecule has 0 unspecified atom stereocenters. The van der Waals surface area contributed by atoms with Crippen molar-refractivity contribution in [3.63, 3.8) is 0 Å². The normalized spacial score (nSPS) is 24.8. The lowest BCUT2D eigenvalue weighted by atomic mass is 9.81. The molecule has 0 aliphatic heterocycles. The van der Waals surface area contributed by atoms with E-state index in [0.717, 1.165) is 44.1 Å². The highest BCUT2D eigenvalue weighted by atomic mass is 19.1. The van der Waals surface area contributed by atoms with Crippen molar-refractivity contribution in [2.75, 3.05) is 13.2 Å². The lowest BCUT2D eigenvalue weighted by molar-refractivity contribution is -0.142. The van der Waals surface area contributed by atoms with Gasteiger partial charge in [0.15, 0.2) is 0 Å². The minimum Gasteiger partial charge on any atom is -0.480 e. The van der Waals surface area contributed by atoms with Crippen LogP contribution in [0.2, 0.25) is 0 Å². The van der Waals surface area contributed by atoms with E-state index in [1.165, 1.54) is 12.1 Å². The van der Waals surface area contributed by atoms with Gasteiger partial charge >= 0.3 is 5.97 Å². The van der Waals surface area contributed by atoms with Crippen molar-refractivity contribution >= 4 is 5.97 Å². The summed E-state index contributed by atoms with van der Waals surface area (Å²) in [5.41, 5.74) is 0.770. The highest BCUT2D eigenvalue weighted by Gasteiger charge is 2.54. The number of aliphatic carboxylic acids is 1. The van der Waals surface area contributed by atoms with Gasteiger partial charge in [-0.2, -0.15) is 0 Å². The predicted octanol–water partition coefficient (Wildman–Crippen LogP) is 5.33. The van der Waals surface area contributed by atoms with Crippen LogP contribution in [-0.2, 0) is 20.9 Å². The molecule has 0 saturated heterocycles. The quantitative estimate of drug-likeness (QED) is 0.533. The summed E-state index contributed by atoms with van der Waals surface area (Å²) in [6.07, 6.45) is 5.91. The number of carbonyl (C=O) groups is 1. The van der Waals surface area contributed by atoms with Gasteiger partial charge < -0.3 is 19.3 Å². The van der Waals surface area contributed by atoms with E-state index < -0.39 is 5.97 Å². The van der Waals surface area contributed by atoms with E-state index in [4.69, 9.17) is 19.3 Å². The molecule has 2 aliphatic carbocycles. The van der Waals surface area contributed by atoms with E-state index in [0.29, 0.717) is 24.7 Å². The summed E-state index contributed by atoms with van der Waals surface area (Å²) in [5.74, 6) is -0.161. The van der Waals surface area contributed by atoms with Gasteiger partial charge in [-0.1, -0.05) is 18.2 Å². The first-order valence-corrected chi connectivity index (χ1v) is 10.4. The third-order valence-electron chi connectivity index (χ3n) is 6.38. The van der Waals surface area contributed by atoms with Gasteiger partial charge in [0.25, 0.3) is 0 Å². The molecule has 0 aromatic heterocycles. The van der Waals surface area contributed by atoms with E-state index in [-0.39, 0.29) is 23.4 Å². The van der Waals surface area contributed by atoms with Gasteiger partial charge in [0, 0.05) is 12.7 Å². The number of para-hydroxylation sites is 1. The number of carboxylic acid groups (broad SMARTS) is 1. The Hall–Kier alpha value is -2.44. The first-order valence-electron chi connectivity index (χ1n) is 10.4. The molecule has 0 heterocycles. The molecular weight excluding hydrogens is 387 g/mol. The molecule has 2 aromatic carbocycles. The Balaban J connectivity index is 1.33. The van der Waals surface area contributed by atoms with Crippen LogP contribution in [0, 0.1) is 11.2 Å². The topological polar surface area (TPSA) is 65.0 Å². The number of carboxylic acids is 1. The van der Waals surface area contributed by atoms with Gasteiger partial charge in [0.2, 0.25) is 0 Å². The third kappa shape index (κ3) is 4.99. The van der Waals surface area contributed by atoms with Gasteiger partial charge in [-0.25, -0.2) is 9.18 Å². The Morgan fingerprint density at radius 3 is 2.53 bits per heavy atom. The van der Waals surface area contributed by atoms with Crippen molar-refractivity contribution in [1.82, 2.24) is 0 Å². The second-order valence-electron chi connectivity index (χ2n) is 8.56. The third-order valence-corrected chi connectivity index (χ3v) is 6.38. The zero-order valence-electron chi connectivity index (χ0n) is 16.9. The lowest BCUT2D eigenvalue weighted by Crippen LogP contribution is -2.26. The van der Waals surface area contributed by atoms with Crippen LogP contribution in [0.4, 0.5) is 4.39 Å². The zero-order chi connectivity index (χ0) is 21.0. The average Bonchev–Trinajstić information content (AvgIpc) is 3.27. The Kier molecular flexibility index (Phi) is 6.06. The van der Waals surface area contributed by atoms with Crippen molar-refractivity contribution in [2.24, 2.45) is 5.41 Å². The molecule has 160 valence electrons. The summed E-state index contributed by atoms with van der Waals surface area (Å²) >= 11 is 0. The number of ether oxygens (including phenoxy) is 3. The van der Waals surface area contributed by atoms with Crippen molar-refractivity contribution in [3.05, 3.63) is 59.9 Å². The van der Waals surface area contributed by atoms with E-state index >= 15 is 0 Å². The summed E-state index contributed by atoms with van der Waals surface area (Å²) in [5, 5.41) is 8.70. The monoisotopic (exact) mass is 414 g/mol. The van der Waals surface area contributed by atoms with E-state index in [1.807, 2.05) is 36.4 Å². The van der Waals surface area contributed by atoms with Gasteiger partial charge in [-0.3, -0.25) is 0 Å². The molecule has 6 heteroatoms. The van der Waals surface area contributed by atoms with Crippen molar-refractivity contribution in [1.29, 1.82) is 0 Å². The molecule has 0 spiro atoms. The summed E-state index contributed by atoms with van der Waals surface area (Å²) in [4.78, 5) is 10.6. The molecule has 30 heavy (non-hydrogen) atoms. The number of fused-ring (bicyclic) bond motifs is 2. The SMILES string of the molecule is O=C(O)COCCC12CCC(OCc3cc(F)cc(Oc4ccccc4)c3)(CC1)C2. The summed E-state index contributed by atoms with van der Waals surface area (Å²) in [6, 6.07) is 14.0. The standard InChI is InChI=1S/C24H27FO5/c25-19-12-18(13-21(14-19)30-20-4-2-1-3-5-20)15-29-24-8-6-23(17-24,7-9-24)10-11-28-16-22(26)27/h1-5,12-14H,6-11,15-17H2,(H,26,27). The van der Waals surface area contributed by atoms with Gasteiger partial charge in [0.1, 0.15) is 23.9 Å². The van der Waals surface area contributed by atoms with Crippen LogP contribution in [0.15, 0.2) is 48.5 Å². The zero-order valence-corrected chi connectivity index (χ0v) is 16.9. The predicted molar refractivity (Wildman–Crippen MR) is 109 cm³/mol. The summed E-state index contributed by atoms with van der Waals surface area (Å²) in [7, 11) is 0. The van der Waals surface area contributed by atoms with Crippen molar-refractivity contribution in [3.8, 4) is 11.5 Å². The molecule has 2 aromatic rings. The second-order valence-corrected chi connectivity index (χ2v) is 8.56. The molecule has 1 N–H and O–H groups in total. The fraction of sp³-hybridized carbons (Fsp3) is 0.458. The highest BCUT2D eigenvalue weighted by Crippen LogP contribution is 2.60. The van der Waals surface area contributed by atoms with Gasteiger partial charge in [-0.05, 0) is 73.8 Å². The smallest absolute Gasteiger partial charge is 0.329 e. The number of rotatable bonds is 10. The highest BCUT2D eigenvalue weighted by molar-refractivity contribution is 5.67. The van der Waals surface area contributed by atoms with E-state index in [9.17, 15) is 9.18 Å². The van der Waals surface area contributed by atoms with Crippen LogP contribution in [0.25, 0.3) is 0 Å².